The Hall–Kier alpha value is -9.81. The fraction of sp³-hybridized carbons (Fsp3) is 0.259. The summed E-state index contributed by atoms with van der Waals surface area (Å²) in [7, 11) is 0. The first-order valence-electron chi connectivity index (χ1n) is 34.6. The Morgan fingerprint density at radius 3 is 1.11 bits per heavy atom. The van der Waals surface area contributed by atoms with Gasteiger partial charge in [0.2, 0.25) is 5.17 Å². The van der Waals surface area contributed by atoms with Crippen molar-refractivity contribution >= 4 is 105 Å². The van der Waals surface area contributed by atoms with Gasteiger partial charge in [0.15, 0.2) is 27.4 Å². The molecule has 29 heteroatoms. The van der Waals surface area contributed by atoms with Crippen molar-refractivity contribution in [3.63, 3.8) is 0 Å². The zero-order valence-electron chi connectivity index (χ0n) is 61.6. The number of thiol groups is 1. The van der Waals surface area contributed by atoms with Crippen LogP contribution < -0.4 is 34.2 Å². The van der Waals surface area contributed by atoms with Crippen molar-refractivity contribution in [2.45, 2.75) is 102 Å². The molecule has 2 atom stereocenters. The van der Waals surface area contributed by atoms with Crippen LogP contribution in [0.5, 0.6) is 17.2 Å². The van der Waals surface area contributed by atoms with Crippen LogP contribution in [0.4, 0.5) is 62.3 Å². The Morgan fingerprint density at radius 2 is 0.827 bits per heavy atom. The number of halogens is 11. The van der Waals surface area contributed by atoms with Gasteiger partial charge in [0.25, 0.3) is 0 Å². The number of nitrogens with one attached hydrogen (secondary N) is 1. The van der Waals surface area contributed by atoms with E-state index in [1.54, 1.807) is 24.3 Å². The molecular formula is C81H90Br2F9N9O7S2. The topological polar surface area (TPSA) is 161 Å². The lowest BCUT2D eigenvalue weighted by Gasteiger charge is -2.22. The average molecular weight is 1700 g/mol. The highest BCUT2D eigenvalue weighted by Gasteiger charge is 2.34. The molecular weight excluding hydrogens is 1610 g/mol. The maximum absolute atomic E-state index is 12.2. The molecule has 0 saturated carbocycles. The minimum absolute atomic E-state index is 0.224. The molecule has 0 unspecified atom stereocenters. The number of hydrogen-bond acceptors (Lipinski definition) is 17. The third-order valence-corrected chi connectivity index (χ3v) is 16.6. The van der Waals surface area contributed by atoms with E-state index in [4.69, 9.17) is 14.9 Å². The summed E-state index contributed by atoms with van der Waals surface area (Å²) in [5.74, 6) is 0.839. The highest BCUT2D eigenvalue weighted by molar-refractivity contribution is 9.39. The van der Waals surface area contributed by atoms with E-state index in [0.717, 1.165) is 81.4 Å². The van der Waals surface area contributed by atoms with Crippen LogP contribution in [0.15, 0.2) is 292 Å². The van der Waals surface area contributed by atoms with Crippen LogP contribution >= 0.6 is 56.3 Å². The number of amidine groups is 3. The number of hydrogen-bond donors (Lipinski definition) is 4. The van der Waals surface area contributed by atoms with Crippen molar-refractivity contribution in [1.29, 1.82) is 0 Å². The van der Waals surface area contributed by atoms with E-state index in [-0.39, 0.29) is 29.5 Å². The summed E-state index contributed by atoms with van der Waals surface area (Å²) in [4.78, 5) is 21.5. The summed E-state index contributed by atoms with van der Waals surface area (Å²) in [5.41, 5.74) is 6.48. The Morgan fingerprint density at radius 1 is 0.491 bits per heavy atom. The van der Waals surface area contributed by atoms with Gasteiger partial charge in [0, 0.05) is 58.7 Å². The SMILES string of the molecule is C=Cc1ccc(OC(F)(F)F)cc1.CCN(/C(=N\O)Sc1ccccc1)c1ccccc1.CCN(C1=NO[C@@H](c2ccc(OC(F)(F)F)cc2)C1)c1ccccc1.CCN(C1=NO[C@H](c2ccc(OC(F)(F)F)cc2)C1)c1ccccc1.CCN(CC)CC.CCNc1ccccc1.ON=C(Br)Br.Sc1ccccc1. The smallest absolute Gasteiger partial charge is 0.410 e. The van der Waals surface area contributed by atoms with Crippen LogP contribution in [0, 0.1) is 0 Å². The number of oxime groups is 4. The van der Waals surface area contributed by atoms with Crippen molar-refractivity contribution < 1.29 is 73.8 Å². The molecule has 2 heterocycles. The van der Waals surface area contributed by atoms with Crippen molar-refractivity contribution in [3.8, 4) is 17.2 Å². The van der Waals surface area contributed by atoms with Crippen LogP contribution in [-0.4, -0.2) is 101 Å². The van der Waals surface area contributed by atoms with Crippen molar-refractivity contribution in [1.82, 2.24) is 4.90 Å². The molecule has 590 valence electrons. The average Bonchev–Trinajstić information content (AvgIpc) is 1.68. The fourth-order valence-corrected chi connectivity index (χ4v) is 10.9. The van der Waals surface area contributed by atoms with Crippen molar-refractivity contribution in [3.05, 3.63) is 278 Å². The Kier molecular flexibility index (Phi) is 42.8. The second-order valence-corrected chi connectivity index (χ2v) is 26.5. The van der Waals surface area contributed by atoms with Crippen LogP contribution in [0.2, 0.25) is 0 Å². The van der Waals surface area contributed by atoms with Gasteiger partial charge in [0.1, 0.15) is 17.2 Å². The summed E-state index contributed by atoms with van der Waals surface area (Å²) < 4.78 is 120. The van der Waals surface area contributed by atoms with E-state index >= 15 is 0 Å². The number of alkyl halides is 9. The molecule has 0 spiro atoms. The maximum Gasteiger partial charge on any atom is 0.573 e. The highest BCUT2D eigenvalue weighted by atomic mass is 79.9. The van der Waals surface area contributed by atoms with E-state index in [1.807, 2.05) is 205 Å². The summed E-state index contributed by atoms with van der Waals surface area (Å²) in [5, 5.41) is 35.1. The van der Waals surface area contributed by atoms with Crippen LogP contribution in [0.25, 0.3) is 6.08 Å². The van der Waals surface area contributed by atoms with Gasteiger partial charge in [0.05, 0.1) is 12.8 Å². The van der Waals surface area contributed by atoms with Gasteiger partial charge in [-0.2, -0.15) is 0 Å². The van der Waals surface area contributed by atoms with Gasteiger partial charge in [-0.15, -0.1) is 52.1 Å². The Bertz CT molecular complexity index is 3940. The molecule has 0 bridgehead atoms. The van der Waals surface area contributed by atoms with Crippen molar-refractivity contribution in [2.24, 2.45) is 20.6 Å². The minimum atomic E-state index is -4.70. The molecule has 9 aromatic rings. The molecule has 0 aliphatic carbocycles. The number of thioether (sulfide) groups is 1. The van der Waals surface area contributed by atoms with Crippen LogP contribution in [0.1, 0.15) is 90.2 Å². The van der Waals surface area contributed by atoms with Crippen molar-refractivity contribution in [2.75, 3.05) is 65.8 Å². The van der Waals surface area contributed by atoms with Crippen LogP contribution in [0.3, 0.4) is 0 Å². The number of nitrogens with zero attached hydrogens (tertiary/aromatic N) is 8. The van der Waals surface area contributed by atoms with E-state index in [2.05, 4.69) is 136 Å². The molecule has 3 N–H and O–H groups in total. The minimum Gasteiger partial charge on any atom is -0.410 e. The summed E-state index contributed by atoms with van der Waals surface area (Å²) in [6.07, 6.45) is -12.0. The van der Waals surface area contributed by atoms with Gasteiger partial charge in [-0.25, -0.2) is 0 Å². The van der Waals surface area contributed by atoms with E-state index in [0.29, 0.717) is 21.5 Å². The summed E-state index contributed by atoms with van der Waals surface area (Å²) in [6.45, 7) is 25.0. The molecule has 0 amide bonds. The first-order valence-corrected chi connectivity index (χ1v) is 37.4. The molecule has 2 aliphatic rings. The summed E-state index contributed by atoms with van der Waals surface area (Å²) >= 11 is 11.1. The molecule has 0 aromatic heterocycles. The molecule has 0 radical (unpaired) electrons. The van der Waals surface area contributed by atoms with Gasteiger partial charge in [-0.1, -0.05) is 200 Å². The van der Waals surface area contributed by atoms with E-state index in [9.17, 15) is 44.7 Å². The maximum atomic E-state index is 12.2. The number of rotatable bonds is 18. The summed E-state index contributed by atoms with van der Waals surface area (Å²) in [6, 6.07) is 76.2. The van der Waals surface area contributed by atoms with Gasteiger partial charge < -0.3 is 59.2 Å². The number of para-hydroxylation sites is 4. The fourth-order valence-electron chi connectivity index (χ4n) is 9.84. The van der Waals surface area contributed by atoms with E-state index in [1.165, 1.54) is 91.7 Å². The molecule has 2 aliphatic heterocycles. The van der Waals surface area contributed by atoms with Gasteiger partial charge in [-0.05, 0) is 217 Å². The molecule has 9 aromatic carbocycles. The number of benzene rings is 9. The highest BCUT2D eigenvalue weighted by Crippen LogP contribution is 2.35. The first-order chi connectivity index (χ1) is 52.7. The normalized spacial score (nSPS) is 13.2. The third kappa shape index (κ3) is 37.1. The standard InChI is InChI=1S/2C18H17F3N2O2.C15H16N2OS.C9H7F3O.C8H11N.C6H15N.C6H6S.CHBr2NO/c2*1-2-23(14-6-4-3-5-7-14)17-12-16(25-22-17)13-8-10-15(11-9-13)24-18(19,20)21;1-2-17(13-9-5-3-6-10-13)15(16-18)19-14-11-7-4-8-12-14;1-2-7-3-5-8(6-4-7)13-9(10,11)12;1-2-9-8-6-4-3-5-7-8;1-4-7(5-2)6-3;7-6-4-2-1-3-5-6;2-1(3)4-5/h2*3-11,16H,2,12H2,1H3;3-12,18H,2H2,1H3;2-6H,1H2;3-7,9H,2H2,1H3;4-6H2,1-3H3;1-5,7H;5H/b;;16-15+;;;;;/t2*16-;;;;;;/m10....../s1. The number of ether oxygens (including phenoxy) is 3. The molecule has 0 saturated heterocycles. The van der Waals surface area contributed by atoms with Gasteiger partial charge >= 0.3 is 19.1 Å². The second kappa shape index (κ2) is 50.8. The molecule has 16 nitrogen and oxygen atoms in total. The van der Waals surface area contributed by atoms with E-state index < -0.39 is 19.1 Å². The first kappa shape index (κ1) is 92.6. The third-order valence-electron chi connectivity index (χ3n) is 15.0. The van der Waals surface area contributed by atoms with Crippen LogP contribution in [-0.2, 0) is 9.68 Å². The zero-order chi connectivity index (χ0) is 80.7. The second-order valence-electron chi connectivity index (χ2n) is 22.4. The number of anilines is 4. The zero-order valence-corrected chi connectivity index (χ0v) is 66.5. The monoisotopic (exact) mass is 1690 g/mol. The Labute approximate surface area is 664 Å². The lowest BCUT2D eigenvalue weighted by atomic mass is 10.1. The largest absolute Gasteiger partial charge is 0.573 e. The lowest BCUT2D eigenvalue weighted by molar-refractivity contribution is -0.275. The lowest BCUT2D eigenvalue weighted by Crippen LogP contribution is -2.29. The molecule has 11 rings (SSSR count). The quantitative estimate of drug-likeness (QED) is 0.0122. The predicted octanol–water partition coefficient (Wildman–Crippen LogP) is 24.0. The van der Waals surface area contributed by atoms with Gasteiger partial charge in [-0.3, -0.25) is 0 Å². The Balaban J connectivity index is 0.000000281. The molecule has 110 heavy (non-hydrogen) atoms. The molecule has 0 fully saturated rings. The predicted molar refractivity (Wildman–Crippen MR) is 436 cm³/mol.